The van der Waals surface area contributed by atoms with Crippen LogP contribution in [0, 0.1) is 17.5 Å². The number of halogens is 3. The minimum absolute atomic E-state index is 0.376. The van der Waals surface area contributed by atoms with Gasteiger partial charge in [0, 0.05) is 11.6 Å². The fourth-order valence-corrected chi connectivity index (χ4v) is 2.15. The second-order valence-corrected chi connectivity index (χ2v) is 4.61. The Morgan fingerprint density at radius 3 is 2.25 bits per heavy atom. The molecule has 0 saturated heterocycles. The quantitative estimate of drug-likeness (QED) is 0.865. The van der Waals surface area contributed by atoms with Crippen molar-refractivity contribution in [2.24, 2.45) is 0 Å². The third kappa shape index (κ3) is 3.39. The predicted octanol–water partition coefficient (Wildman–Crippen LogP) is 4.19. The summed E-state index contributed by atoms with van der Waals surface area (Å²) >= 11 is 0. The average Bonchev–Trinajstić information content (AvgIpc) is 2.40. The number of rotatable bonds is 5. The summed E-state index contributed by atoms with van der Waals surface area (Å²) in [7, 11) is 0. The van der Waals surface area contributed by atoms with Gasteiger partial charge in [-0.2, -0.15) is 0 Å². The molecule has 0 aromatic heterocycles. The molecule has 0 aliphatic heterocycles. The van der Waals surface area contributed by atoms with Crippen LogP contribution in [0.15, 0.2) is 42.5 Å². The second kappa shape index (κ2) is 6.57. The highest BCUT2D eigenvalue weighted by Crippen LogP contribution is 2.25. The van der Waals surface area contributed by atoms with Gasteiger partial charge in [0.05, 0.1) is 6.04 Å². The molecule has 0 saturated carbocycles. The van der Waals surface area contributed by atoms with Crippen LogP contribution in [0.25, 0.3) is 0 Å². The molecule has 1 N–H and O–H groups in total. The van der Waals surface area contributed by atoms with Crippen molar-refractivity contribution in [3.05, 3.63) is 71.0 Å². The molecule has 0 heterocycles. The van der Waals surface area contributed by atoms with E-state index in [1.54, 1.807) is 18.2 Å². The number of benzene rings is 2. The molecule has 0 aliphatic carbocycles. The third-order valence-corrected chi connectivity index (χ3v) is 3.03. The number of nitrogens with one attached hydrogen (secondary N) is 1. The molecule has 1 nitrogen and oxygen atoms in total. The van der Waals surface area contributed by atoms with E-state index in [0.29, 0.717) is 17.7 Å². The smallest absolute Gasteiger partial charge is 0.128 e. The number of hydrogen-bond donors (Lipinski definition) is 1. The van der Waals surface area contributed by atoms with Gasteiger partial charge in [-0.15, -0.1) is 0 Å². The molecule has 2 aromatic carbocycles. The van der Waals surface area contributed by atoms with Gasteiger partial charge in [0.15, 0.2) is 0 Å². The van der Waals surface area contributed by atoms with E-state index in [4.69, 9.17) is 0 Å². The van der Waals surface area contributed by atoms with Crippen LogP contribution in [-0.4, -0.2) is 6.54 Å². The second-order valence-electron chi connectivity index (χ2n) is 4.61. The molecule has 0 radical (unpaired) electrons. The van der Waals surface area contributed by atoms with Crippen LogP contribution >= 0.6 is 0 Å². The topological polar surface area (TPSA) is 12.0 Å². The van der Waals surface area contributed by atoms with Crippen LogP contribution in [0.5, 0.6) is 0 Å². The van der Waals surface area contributed by atoms with Gasteiger partial charge < -0.3 is 5.32 Å². The van der Waals surface area contributed by atoms with E-state index >= 15 is 0 Å². The molecule has 1 unspecified atom stereocenters. The molecule has 4 heteroatoms. The van der Waals surface area contributed by atoms with Crippen LogP contribution in [0.3, 0.4) is 0 Å². The van der Waals surface area contributed by atoms with Crippen molar-refractivity contribution in [2.75, 3.05) is 6.54 Å². The van der Waals surface area contributed by atoms with E-state index in [1.807, 2.05) is 6.92 Å². The molecule has 0 fully saturated rings. The zero-order chi connectivity index (χ0) is 14.5. The lowest BCUT2D eigenvalue weighted by atomic mass is 9.97. The van der Waals surface area contributed by atoms with Gasteiger partial charge in [-0.05, 0) is 36.7 Å². The molecule has 2 rings (SSSR count). The molecule has 0 amide bonds. The first-order chi connectivity index (χ1) is 9.61. The van der Waals surface area contributed by atoms with Gasteiger partial charge in [-0.3, -0.25) is 0 Å². The van der Waals surface area contributed by atoms with E-state index in [-0.39, 0.29) is 0 Å². The van der Waals surface area contributed by atoms with E-state index < -0.39 is 23.5 Å². The Morgan fingerprint density at radius 1 is 1.00 bits per heavy atom. The standard InChI is InChI=1S/C16H16F3N/c1-2-7-20-16(14-5-3-4-6-15(14)19)11-8-12(17)10-13(18)9-11/h3-6,8-10,16,20H,2,7H2,1H3. The van der Waals surface area contributed by atoms with Gasteiger partial charge in [-0.25, -0.2) is 13.2 Å². The van der Waals surface area contributed by atoms with Crippen LogP contribution in [0.2, 0.25) is 0 Å². The van der Waals surface area contributed by atoms with E-state index in [2.05, 4.69) is 5.32 Å². The highest BCUT2D eigenvalue weighted by molar-refractivity contribution is 5.33. The SMILES string of the molecule is CCCNC(c1cc(F)cc(F)c1)c1ccccc1F. The highest BCUT2D eigenvalue weighted by Gasteiger charge is 2.18. The lowest BCUT2D eigenvalue weighted by Gasteiger charge is -2.20. The maximum Gasteiger partial charge on any atom is 0.128 e. The zero-order valence-electron chi connectivity index (χ0n) is 11.2. The fourth-order valence-electron chi connectivity index (χ4n) is 2.15. The Bertz CT molecular complexity index is 563. The maximum absolute atomic E-state index is 13.9. The van der Waals surface area contributed by atoms with Gasteiger partial charge in [0.2, 0.25) is 0 Å². The molecular weight excluding hydrogens is 263 g/mol. The van der Waals surface area contributed by atoms with E-state index in [0.717, 1.165) is 12.5 Å². The van der Waals surface area contributed by atoms with Crippen LogP contribution < -0.4 is 5.32 Å². The summed E-state index contributed by atoms with van der Waals surface area (Å²) in [4.78, 5) is 0. The zero-order valence-corrected chi connectivity index (χ0v) is 11.2. The summed E-state index contributed by atoms with van der Waals surface area (Å²) in [5.74, 6) is -1.73. The Labute approximate surface area is 116 Å². The first-order valence-electron chi connectivity index (χ1n) is 6.55. The van der Waals surface area contributed by atoms with Crippen LogP contribution in [-0.2, 0) is 0 Å². The molecule has 0 aliphatic rings. The lowest BCUT2D eigenvalue weighted by Crippen LogP contribution is -2.24. The average molecular weight is 279 g/mol. The van der Waals surface area contributed by atoms with Crippen LogP contribution in [0.1, 0.15) is 30.5 Å². The van der Waals surface area contributed by atoms with Crippen molar-refractivity contribution in [2.45, 2.75) is 19.4 Å². The molecule has 2 aromatic rings. The van der Waals surface area contributed by atoms with Crippen molar-refractivity contribution >= 4 is 0 Å². The molecular formula is C16H16F3N. The minimum atomic E-state index is -0.667. The summed E-state index contributed by atoms with van der Waals surface area (Å²) in [5.41, 5.74) is 0.756. The first kappa shape index (κ1) is 14.6. The number of hydrogen-bond acceptors (Lipinski definition) is 1. The maximum atomic E-state index is 13.9. The Hall–Kier alpha value is -1.81. The summed E-state index contributed by atoms with van der Waals surface area (Å²) in [6.07, 6.45) is 0.836. The van der Waals surface area contributed by atoms with E-state index in [9.17, 15) is 13.2 Å². The van der Waals surface area contributed by atoms with E-state index in [1.165, 1.54) is 18.2 Å². The Kier molecular flexibility index (Phi) is 4.79. The Morgan fingerprint density at radius 2 is 1.65 bits per heavy atom. The molecule has 0 bridgehead atoms. The van der Waals surface area contributed by atoms with Crippen molar-refractivity contribution in [1.82, 2.24) is 5.32 Å². The normalized spacial score (nSPS) is 12.4. The molecule has 0 spiro atoms. The predicted molar refractivity (Wildman–Crippen MR) is 72.9 cm³/mol. The van der Waals surface area contributed by atoms with Crippen molar-refractivity contribution < 1.29 is 13.2 Å². The van der Waals surface area contributed by atoms with Crippen molar-refractivity contribution in [3.63, 3.8) is 0 Å². The molecule has 20 heavy (non-hydrogen) atoms. The van der Waals surface area contributed by atoms with Gasteiger partial charge >= 0.3 is 0 Å². The monoisotopic (exact) mass is 279 g/mol. The van der Waals surface area contributed by atoms with Gasteiger partial charge in [-0.1, -0.05) is 25.1 Å². The fraction of sp³-hybridized carbons (Fsp3) is 0.250. The van der Waals surface area contributed by atoms with Crippen LogP contribution in [0.4, 0.5) is 13.2 Å². The third-order valence-electron chi connectivity index (χ3n) is 3.03. The van der Waals surface area contributed by atoms with Crippen molar-refractivity contribution in [3.8, 4) is 0 Å². The lowest BCUT2D eigenvalue weighted by molar-refractivity contribution is 0.533. The van der Waals surface area contributed by atoms with Gasteiger partial charge in [0.1, 0.15) is 17.5 Å². The largest absolute Gasteiger partial charge is 0.306 e. The summed E-state index contributed by atoms with van der Waals surface area (Å²) < 4.78 is 40.7. The summed E-state index contributed by atoms with van der Waals surface area (Å²) in [6.45, 7) is 2.59. The first-order valence-corrected chi connectivity index (χ1v) is 6.55. The summed E-state index contributed by atoms with van der Waals surface area (Å²) in [5, 5.41) is 3.12. The molecule has 106 valence electrons. The minimum Gasteiger partial charge on any atom is -0.306 e. The van der Waals surface area contributed by atoms with Gasteiger partial charge in [0.25, 0.3) is 0 Å². The summed E-state index contributed by atoms with van der Waals surface area (Å²) in [6, 6.07) is 8.93. The molecule has 1 atom stereocenters. The highest BCUT2D eigenvalue weighted by atomic mass is 19.1. The van der Waals surface area contributed by atoms with Crippen molar-refractivity contribution in [1.29, 1.82) is 0 Å². The Balaban J connectivity index is 2.44.